The lowest BCUT2D eigenvalue weighted by atomic mass is 9.84. The van der Waals surface area contributed by atoms with Crippen molar-refractivity contribution in [3.63, 3.8) is 0 Å². The van der Waals surface area contributed by atoms with Crippen LogP contribution in [0.2, 0.25) is 0 Å². The van der Waals surface area contributed by atoms with Crippen molar-refractivity contribution < 1.29 is 9.53 Å². The Balaban J connectivity index is 1.86. The van der Waals surface area contributed by atoms with Crippen LogP contribution in [0.1, 0.15) is 26.2 Å². The molecule has 4 nitrogen and oxygen atoms in total. The summed E-state index contributed by atoms with van der Waals surface area (Å²) in [5, 5.41) is 0. The summed E-state index contributed by atoms with van der Waals surface area (Å²) in [5.41, 5.74) is 0.713. The number of ether oxygens (including phenoxy) is 1. The zero-order chi connectivity index (χ0) is 13.8. The van der Waals surface area contributed by atoms with Gasteiger partial charge in [-0.05, 0) is 52.2 Å². The summed E-state index contributed by atoms with van der Waals surface area (Å²) in [4.78, 5) is 16.3. The van der Waals surface area contributed by atoms with Gasteiger partial charge in [0.1, 0.15) is 0 Å². The number of nitrogens with zero attached hydrogens (tertiary/aromatic N) is 2. The predicted octanol–water partition coefficient (Wildman–Crippen LogP) is 1.52. The third-order valence-corrected chi connectivity index (χ3v) is 4.59. The van der Waals surface area contributed by atoms with E-state index in [1.807, 2.05) is 13.0 Å². The second kappa shape index (κ2) is 6.53. The number of hydrogen-bond donors (Lipinski definition) is 0. The van der Waals surface area contributed by atoms with E-state index in [4.69, 9.17) is 4.74 Å². The molecule has 0 saturated carbocycles. The lowest BCUT2D eigenvalue weighted by Gasteiger charge is -2.45. The van der Waals surface area contributed by atoms with E-state index in [1.165, 1.54) is 39.5 Å². The molecular weight excluding hydrogens is 240 g/mol. The van der Waals surface area contributed by atoms with Crippen LogP contribution in [0.4, 0.5) is 0 Å². The molecule has 0 bridgehead atoms. The second-order valence-corrected chi connectivity index (χ2v) is 5.88. The Morgan fingerprint density at radius 3 is 2.89 bits per heavy atom. The van der Waals surface area contributed by atoms with Crippen LogP contribution in [0.15, 0.2) is 11.6 Å². The van der Waals surface area contributed by atoms with E-state index in [-0.39, 0.29) is 5.97 Å². The monoisotopic (exact) mass is 266 g/mol. The Labute approximate surface area is 116 Å². The number of carbonyl (C=O) groups excluding carboxylic acids is 1. The Kier molecular flexibility index (Phi) is 4.99. The highest BCUT2D eigenvalue weighted by Gasteiger charge is 2.33. The summed E-state index contributed by atoms with van der Waals surface area (Å²) in [6, 6.07) is 0.774. The minimum absolute atomic E-state index is 0.215. The molecule has 108 valence electrons. The van der Waals surface area contributed by atoms with E-state index in [9.17, 15) is 4.79 Å². The van der Waals surface area contributed by atoms with E-state index >= 15 is 0 Å². The quantitative estimate of drug-likeness (QED) is 0.573. The molecule has 2 fully saturated rings. The lowest BCUT2D eigenvalue weighted by Crippen LogP contribution is -2.52. The van der Waals surface area contributed by atoms with Crippen LogP contribution < -0.4 is 0 Å². The van der Waals surface area contributed by atoms with Gasteiger partial charge in [0, 0.05) is 24.7 Å². The van der Waals surface area contributed by atoms with Gasteiger partial charge in [0.2, 0.25) is 0 Å². The zero-order valence-corrected chi connectivity index (χ0v) is 12.4. The maximum absolute atomic E-state index is 11.3. The first-order valence-electron chi connectivity index (χ1n) is 7.29. The summed E-state index contributed by atoms with van der Waals surface area (Å²) < 4.78 is 4.72. The molecule has 0 aliphatic carbocycles. The molecule has 19 heavy (non-hydrogen) atoms. The van der Waals surface area contributed by atoms with Crippen molar-refractivity contribution in [1.82, 2.24) is 9.80 Å². The summed E-state index contributed by atoms with van der Waals surface area (Å²) in [6.07, 6.45) is 5.93. The van der Waals surface area contributed by atoms with Crippen LogP contribution in [0.3, 0.4) is 0 Å². The van der Waals surface area contributed by atoms with Gasteiger partial charge in [0.15, 0.2) is 0 Å². The zero-order valence-electron chi connectivity index (χ0n) is 12.4. The summed E-state index contributed by atoms with van der Waals surface area (Å²) in [7, 11) is 3.69. The van der Waals surface area contributed by atoms with Crippen molar-refractivity contribution in [3.8, 4) is 0 Å². The Morgan fingerprint density at radius 2 is 2.16 bits per heavy atom. The number of rotatable bonds is 3. The van der Waals surface area contributed by atoms with Crippen LogP contribution in [0, 0.1) is 5.92 Å². The lowest BCUT2D eigenvalue weighted by molar-refractivity contribution is -0.136. The fourth-order valence-corrected chi connectivity index (χ4v) is 3.40. The molecule has 2 saturated heterocycles. The third-order valence-electron chi connectivity index (χ3n) is 4.59. The summed E-state index contributed by atoms with van der Waals surface area (Å²) in [6.45, 7) is 6.25. The van der Waals surface area contributed by atoms with Crippen molar-refractivity contribution in [2.24, 2.45) is 5.92 Å². The van der Waals surface area contributed by atoms with Gasteiger partial charge in [-0.15, -0.1) is 0 Å². The number of methoxy groups -OCH3 is 1. The van der Waals surface area contributed by atoms with Crippen molar-refractivity contribution in [3.05, 3.63) is 11.6 Å². The number of esters is 1. The first-order valence-corrected chi connectivity index (χ1v) is 7.29. The molecule has 2 rings (SSSR count). The van der Waals surface area contributed by atoms with Crippen LogP contribution in [0.5, 0.6) is 0 Å². The highest BCUT2D eigenvalue weighted by atomic mass is 16.5. The van der Waals surface area contributed by atoms with Gasteiger partial charge in [-0.25, -0.2) is 4.79 Å². The fraction of sp³-hybridized carbons (Fsp3) is 0.800. The Hall–Kier alpha value is -0.870. The van der Waals surface area contributed by atoms with Gasteiger partial charge in [0.05, 0.1) is 7.11 Å². The number of hydrogen-bond acceptors (Lipinski definition) is 4. The van der Waals surface area contributed by atoms with Gasteiger partial charge >= 0.3 is 5.97 Å². The van der Waals surface area contributed by atoms with Gasteiger partial charge in [-0.1, -0.05) is 6.08 Å². The number of piperidine rings is 2. The molecule has 0 N–H and O–H groups in total. The molecule has 2 unspecified atom stereocenters. The molecule has 0 aromatic heterocycles. The van der Waals surface area contributed by atoms with Gasteiger partial charge in [-0.2, -0.15) is 0 Å². The molecule has 0 radical (unpaired) electrons. The third kappa shape index (κ3) is 3.57. The van der Waals surface area contributed by atoms with E-state index in [0.29, 0.717) is 5.57 Å². The van der Waals surface area contributed by atoms with Crippen LogP contribution in [0.25, 0.3) is 0 Å². The molecule has 2 atom stereocenters. The van der Waals surface area contributed by atoms with Crippen molar-refractivity contribution in [2.45, 2.75) is 32.2 Å². The number of carbonyl (C=O) groups is 1. The minimum atomic E-state index is -0.215. The SMILES string of the molecule is COC(=O)C(C)=CCN1CCC2C(CCCN2C)C1. The Morgan fingerprint density at radius 1 is 1.37 bits per heavy atom. The average molecular weight is 266 g/mol. The molecule has 0 amide bonds. The summed E-state index contributed by atoms with van der Waals surface area (Å²) in [5.74, 6) is 0.589. The maximum atomic E-state index is 11.3. The second-order valence-electron chi connectivity index (χ2n) is 5.88. The molecular formula is C15H26N2O2. The fourth-order valence-electron chi connectivity index (χ4n) is 3.40. The molecule has 0 aromatic carbocycles. The molecule has 4 heteroatoms. The standard InChI is InChI=1S/C15H26N2O2/c1-12(15(18)19-3)6-9-17-10-7-14-13(11-17)5-4-8-16(14)2/h6,13-14H,4-5,7-11H2,1-3H3. The number of likely N-dealkylation sites (tertiary alicyclic amines) is 2. The smallest absolute Gasteiger partial charge is 0.333 e. The largest absolute Gasteiger partial charge is 0.466 e. The molecule has 2 aliphatic heterocycles. The van der Waals surface area contributed by atoms with Gasteiger partial charge in [0.25, 0.3) is 0 Å². The first kappa shape index (κ1) is 14.5. The molecule has 2 heterocycles. The average Bonchev–Trinajstić information content (AvgIpc) is 2.44. The van der Waals surface area contributed by atoms with Crippen molar-refractivity contribution in [1.29, 1.82) is 0 Å². The molecule has 0 spiro atoms. The van der Waals surface area contributed by atoms with E-state index in [1.54, 1.807) is 0 Å². The number of fused-ring (bicyclic) bond motifs is 1. The van der Waals surface area contributed by atoms with Crippen LogP contribution in [-0.4, -0.2) is 62.1 Å². The van der Waals surface area contributed by atoms with Crippen molar-refractivity contribution >= 4 is 5.97 Å². The minimum Gasteiger partial charge on any atom is -0.466 e. The maximum Gasteiger partial charge on any atom is 0.333 e. The van der Waals surface area contributed by atoms with Crippen molar-refractivity contribution in [2.75, 3.05) is 40.3 Å². The molecule has 2 aliphatic rings. The normalized spacial score (nSPS) is 29.9. The molecule has 0 aromatic rings. The Bertz CT molecular complexity index is 354. The highest BCUT2D eigenvalue weighted by Crippen LogP contribution is 2.29. The highest BCUT2D eigenvalue weighted by molar-refractivity contribution is 5.87. The van der Waals surface area contributed by atoms with Crippen LogP contribution >= 0.6 is 0 Å². The summed E-state index contributed by atoms with van der Waals surface area (Å²) >= 11 is 0. The predicted molar refractivity (Wildman–Crippen MR) is 76.0 cm³/mol. The van der Waals surface area contributed by atoms with E-state index in [0.717, 1.165) is 25.0 Å². The topological polar surface area (TPSA) is 32.8 Å². The van der Waals surface area contributed by atoms with Gasteiger partial charge < -0.3 is 9.64 Å². The van der Waals surface area contributed by atoms with E-state index < -0.39 is 0 Å². The van der Waals surface area contributed by atoms with Gasteiger partial charge in [-0.3, -0.25) is 4.90 Å². The van der Waals surface area contributed by atoms with E-state index in [2.05, 4.69) is 16.8 Å². The van der Waals surface area contributed by atoms with Crippen LogP contribution in [-0.2, 0) is 9.53 Å². The first-order chi connectivity index (χ1) is 9.11.